The summed E-state index contributed by atoms with van der Waals surface area (Å²) in [5, 5.41) is 0. The number of halogens is 3. The van der Waals surface area contributed by atoms with Gasteiger partial charge in [0.25, 0.3) is 0 Å². The van der Waals surface area contributed by atoms with E-state index < -0.39 is 18.9 Å². The molecule has 0 bridgehead atoms. The SMILES string of the molecule is CC(C)CN(CCN(C)C)C(=O)OCC(F)(F)F. The molecular formula is C11H21F3N2O2. The summed E-state index contributed by atoms with van der Waals surface area (Å²) in [7, 11) is 3.66. The van der Waals surface area contributed by atoms with Gasteiger partial charge in [0.15, 0.2) is 6.61 Å². The fourth-order valence-electron chi connectivity index (χ4n) is 1.25. The minimum absolute atomic E-state index is 0.172. The van der Waals surface area contributed by atoms with Crippen LogP contribution in [0.15, 0.2) is 0 Å². The second-order valence-corrected chi connectivity index (χ2v) is 4.81. The second kappa shape index (κ2) is 7.45. The third-order valence-corrected chi connectivity index (χ3v) is 2.02. The summed E-state index contributed by atoms with van der Waals surface area (Å²) in [5.41, 5.74) is 0. The van der Waals surface area contributed by atoms with Crippen LogP contribution in [0.3, 0.4) is 0 Å². The van der Waals surface area contributed by atoms with Gasteiger partial charge < -0.3 is 14.5 Å². The lowest BCUT2D eigenvalue weighted by Gasteiger charge is -2.25. The van der Waals surface area contributed by atoms with Gasteiger partial charge in [-0.1, -0.05) is 13.8 Å². The van der Waals surface area contributed by atoms with Gasteiger partial charge in [-0.05, 0) is 20.0 Å². The van der Waals surface area contributed by atoms with Gasteiger partial charge >= 0.3 is 12.3 Å². The van der Waals surface area contributed by atoms with Crippen LogP contribution in [0.2, 0.25) is 0 Å². The monoisotopic (exact) mass is 270 g/mol. The highest BCUT2D eigenvalue weighted by atomic mass is 19.4. The molecule has 0 unspecified atom stereocenters. The molecule has 0 heterocycles. The first-order chi connectivity index (χ1) is 8.11. The minimum Gasteiger partial charge on any atom is -0.440 e. The fourth-order valence-corrected chi connectivity index (χ4v) is 1.25. The van der Waals surface area contributed by atoms with Crippen LogP contribution in [0.5, 0.6) is 0 Å². The molecule has 0 radical (unpaired) electrons. The number of rotatable bonds is 6. The van der Waals surface area contributed by atoms with E-state index in [4.69, 9.17) is 0 Å². The topological polar surface area (TPSA) is 32.8 Å². The maximum Gasteiger partial charge on any atom is 0.422 e. The van der Waals surface area contributed by atoms with E-state index >= 15 is 0 Å². The molecule has 0 saturated carbocycles. The zero-order chi connectivity index (χ0) is 14.3. The molecule has 0 saturated heterocycles. The molecule has 18 heavy (non-hydrogen) atoms. The van der Waals surface area contributed by atoms with E-state index in [9.17, 15) is 18.0 Å². The number of amides is 1. The molecule has 0 spiro atoms. The quantitative estimate of drug-likeness (QED) is 0.742. The highest BCUT2D eigenvalue weighted by Gasteiger charge is 2.30. The molecule has 0 aliphatic rings. The first-order valence-corrected chi connectivity index (χ1v) is 5.75. The van der Waals surface area contributed by atoms with Crippen LogP contribution in [0.25, 0.3) is 0 Å². The standard InChI is InChI=1S/C11H21F3N2O2/c1-9(2)7-16(6-5-15(3)4)10(17)18-8-11(12,13)14/h9H,5-8H2,1-4H3. The molecule has 108 valence electrons. The molecule has 0 atom stereocenters. The van der Waals surface area contributed by atoms with Crippen molar-refractivity contribution in [2.75, 3.05) is 40.3 Å². The minimum atomic E-state index is -4.49. The van der Waals surface area contributed by atoms with Gasteiger partial charge in [0.1, 0.15) is 0 Å². The molecule has 4 nitrogen and oxygen atoms in total. The Bertz CT molecular complexity index is 255. The molecule has 0 aromatic heterocycles. The van der Waals surface area contributed by atoms with Crippen molar-refractivity contribution in [3.05, 3.63) is 0 Å². The number of ether oxygens (including phenoxy) is 1. The van der Waals surface area contributed by atoms with Gasteiger partial charge in [0.2, 0.25) is 0 Å². The van der Waals surface area contributed by atoms with Crippen LogP contribution in [0.4, 0.5) is 18.0 Å². The number of likely N-dealkylation sites (N-methyl/N-ethyl adjacent to an activating group) is 1. The molecule has 0 N–H and O–H groups in total. The summed E-state index contributed by atoms with van der Waals surface area (Å²) >= 11 is 0. The fraction of sp³-hybridized carbons (Fsp3) is 0.909. The van der Waals surface area contributed by atoms with Crippen molar-refractivity contribution in [2.24, 2.45) is 5.92 Å². The third-order valence-electron chi connectivity index (χ3n) is 2.02. The predicted molar refractivity (Wildman–Crippen MR) is 62.4 cm³/mol. The Morgan fingerprint density at radius 3 is 2.17 bits per heavy atom. The van der Waals surface area contributed by atoms with Crippen LogP contribution < -0.4 is 0 Å². The van der Waals surface area contributed by atoms with Crippen LogP contribution in [0.1, 0.15) is 13.8 Å². The van der Waals surface area contributed by atoms with Crippen LogP contribution in [0, 0.1) is 5.92 Å². The Labute approximate surface area is 106 Å². The number of alkyl halides is 3. The summed E-state index contributed by atoms with van der Waals surface area (Å²) in [4.78, 5) is 14.7. The van der Waals surface area contributed by atoms with Crippen molar-refractivity contribution < 1.29 is 22.7 Å². The van der Waals surface area contributed by atoms with Gasteiger partial charge in [-0.3, -0.25) is 0 Å². The molecule has 0 rings (SSSR count). The maximum absolute atomic E-state index is 12.0. The zero-order valence-electron chi connectivity index (χ0n) is 11.3. The number of carbonyl (C=O) groups excluding carboxylic acids is 1. The molecular weight excluding hydrogens is 249 g/mol. The van der Waals surface area contributed by atoms with Crippen molar-refractivity contribution in [1.29, 1.82) is 0 Å². The Morgan fingerprint density at radius 1 is 1.22 bits per heavy atom. The Morgan fingerprint density at radius 2 is 1.78 bits per heavy atom. The average Bonchev–Trinajstić information content (AvgIpc) is 2.19. The van der Waals surface area contributed by atoms with Crippen LogP contribution >= 0.6 is 0 Å². The second-order valence-electron chi connectivity index (χ2n) is 4.81. The Kier molecular flexibility index (Phi) is 7.05. The lowest BCUT2D eigenvalue weighted by molar-refractivity contribution is -0.162. The first kappa shape index (κ1) is 17.0. The molecule has 1 amide bonds. The van der Waals surface area contributed by atoms with Crippen LogP contribution in [-0.4, -0.2) is 62.4 Å². The third kappa shape index (κ3) is 9.09. The van der Waals surface area contributed by atoms with Gasteiger partial charge in [0.05, 0.1) is 0 Å². The number of hydrogen-bond donors (Lipinski definition) is 0. The summed E-state index contributed by atoms with van der Waals surface area (Å²) in [6.07, 6.45) is -5.40. The summed E-state index contributed by atoms with van der Waals surface area (Å²) in [5.74, 6) is 0.172. The lowest BCUT2D eigenvalue weighted by atomic mass is 10.2. The number of hydrogen-bond acceptors (Lipinski definition) is 3. The Balaban J connectivity index is 4.31. The van der Waals surface area contributed by atoms with Gasteiger partial charge in [-0.15, -0.1) is 0 Å². The van der Waals surface area contributed by atoms with Crippen molar-refractivity contribution in [2.45, 2.75) is 20.0 Å². The van der Waals surface area contributed by atoms with Crippen molar-refractivity contribution in [3.8, 4) is 0 Å². The molecule has 0 aromatic rings. The average molecular weight is 270 g/mol. The van der Waals surface area contributed by atoms with Crippen molar-refractivity contribution >= 4 is 6.09 Å². The summed E-state index contributed by atoms with van der Waals surface area (Å²) < 4.78 is 40.1. The highest BCUT2D eigenvalue weighted by molar-refractivity contribution is 5.67. The van der Waals surface area contributed by atoms with E-state index in [1.54, 1.807) is 0 Å². The van der Waals surface area contributed by atoms with Gasteiger partial charge in [0, 0.05) is 19.6 Å². The molecule has 0 aromatic carbocycles. The predicted octanol–water partition coefficient (Wildman–Crippen LogP) is 2.20. The van der Waals surface area contributed by atoms with E-state index in [0.717, 1.165) is 0 Å². The van der Waals surface area contributed by atoms with Gasteiger partial charge in [-0.2, -0.15) is 13.2 Å². The van der Waals surface area contributed by atoms with E-state index in [0.29, 0.717) is 19.6 Å². The van der Waals surface area contributed by atoms with Crippen LogP contribution in [-0.2, 0) is 4.74 Å². The zero-order valence-corrected chi connectivity index (χ0v) is 11.3. The van der Waals surface area contributed by atoms with E-state index in [1.807, 2.05) is 32.8 Å². The molecule has 0 aliphatic carbocycles. The normalized spacial score (nSPS) is 12.1. The van der Waals surface area contributed by atoms with E-state index in [2.05, 4.69) is 4.74 Å². The van der Waals surface area contributed by atoms with Crippen molar-refractivity contribution in [3.63, 3.8) is 0 Å². The molecule has 7 heteroatoms. The molecule has 0 aliphatic heterocycles. The van der Waals surface area contributed by atoms with Crippen molar-refractivity contribution in [1.82, 2.24) is 9.80 Å². The lowest BCUT2D eigenvalue weighted by Crippen LogP contribution is -2.40. The van der Waals surface area contributed by atoms with E-state index in [1.165, 1.54) is 4.90 Å². The number of carbonyl (C=O) groups is 1. The summed E-state index contributed by atoms with van der Waals surface area (Å²) in [6.45, 7) is 3.54. The first-order valence-electron chi connectivity index (χ1n) is 5.75. The maximum atomic E-state index is 12.0. The van der Waals surface area contributed by atoms with E-state index in [-0.39, 0.29) is 5.92 Å². The highest BCUT2D eigenvalue weighted by Crippen LogP contribution is 2.15. The Hall–Kier alpha value is -0.980. The number of nitrogens with zero attached hydrogens (tertiary/aromatic N) is 2. The van der Waals surface area contributed by atoms with Gasteiger partial charge in [-0.25, -0.2) is 4.79 Å². The summed E-state index contributed by atoms with van der Waals surface area (Å²) in [6, 6.07) is 0. The largest absolute Gasteiger partial charge is 0.440 e. The smallest absolute Gasteiger partial charge is 0.422 e. The molecule has 0 fully saturated rings.